The monoisotopic (exact) mass is 196 g/mol. The van der Waals surface area contributed by atoms with Crippen LogP contribution in [0.15, 0.2) is 18.2 Å². The maximum Gasteiger partial charge on any atom is 0.272 e. The molecule has 0 saturated carbocycles. The Balaban J connectivity index is 3.20. The van der Waals surface area contributed by atoms with Crippen LogP contribution in [0.25, 0.3) is 0 Å². The first-order chi connectivity index (χ1) is 6.57. The highest BCUT2D eigenvalue weighted by Crippen LogP contribution is 2.25. The van der Waals surface area contributed by atoms with Gasteiger partial charge in [-0.15, -0.1) is 0 Å². The second-order valence-electron chi connectivity index (χ2n) is 3.00. The van der Waals surface area contributed by atoms with Crippen molar-refractivity contribution in [2.75, 3.05) is 6.54 Å². The molecule has 5 heteroatoms. The molecule has 0 aliphatic carbocycles. The molecule has 5 nitrogen and oxygen atoms in total. The molecule has 0 heterocycles. The highest BCUT2D eigenvalue weighted by molar-refractivity contribution is 5.45. The molecule has 0 fully saturated rings. The number of hydrogen-bond acceptors (Lipinski definition) is 4. The Labute approximate surface area is 81.3 Å². The van der Waals surface area contributed by atoms with Crippen molar-refractivity contribution in [2.24, 2.45) is 5.73 Å². The molecule has 0 aliphatic rings. The number of nitro benzene ring substituents is 1. The van der Waals surface area contributed by atoms with Gasteiger partial charge in [-0.05, 0) is 12.5 Å². The number of aliphatic hydroxyl groups is 1. The van der Waals surface area contributed by atoms with E-state index in [0.717, 1.165) is 0 Å². The Morgan fingerprint density at radius 1 is 1.64 bits per heavy atom. The topological polar surface area (TPSA) is 89.4 Å². The van der Waals surface area contributed by atoms with Gasteiger partial charge in [0.25, 0.3) is 5.69 Å². The summed E-state index contributed by atoms with van der Waals surface area (Å²) in [5.74, 6) is 0. The molecule has 1 aromatic carbocycles. The van der Waals surface area contributed by atoms with E-state index in [9.17, 15) is 15.2 Å². The Bertz CT molecular complexity index is 352. The minimum atomic E-state index is -0.838. The van der Waals surface area contributed by atoms with E-state index in [-0.39, 0.29) is 12.2 Å². The summed E-state index contributed by atoms with van der Waals surface area (Å²) in [5.41, 5.74) is 6.27. The SMILES string of the molecule is Cc1c(C(O)CN)cccc1[N+](=O)[O-]. The van der Waals surface area contributed by atoms with E-state index in [1.807, 2.05) is 0 Å². The summed E-state index contributed by atoms with van der Waals surface area (Å²) >= 11 is 0. The number of aliphatic hydroxyl groups excluding tert-OH is 1. The van der Waals surface area contributed by atoms with Crippen molar-refractivity contribution in [1.29, 1.82) is 0 Å². The summed E-state index contributed by atoms with van der Waals surface area (Å²) in [6, 6.07) is 4.58. The summed E-state index contributed by atoms with van der Waals surface area (Å²) in [6.07, 6.45) is -0.838. The first-order valence-corrected chi connectivity index (χ1v) is 4.20. The number of nitrogens with zero attached hydrogens (tertiary/aromatic N) is 1. The molecular weight excluding hydrogens is 184 g/mol. The lowest BCUT2D eigenvalue weighted by molar-refractivity contribution is -0.385. The molecule has 1 rings (SSSR count). The Morgan fingerprint density at radius 3 is 2.79 bits per heavy atom. The lowest BCUT2D eigenvalue weighted by Crippen LogP contribution is -2.13. The van der Waals surface area contributed by atoms with Crippen LogP contribution in [0.4, 0.5) is 5.69 Å². The number of nitro groups is 1. The summed E-state index contributed by atoms with van der Waals surface area (Å²) in [5, 5.41) is 20.0. The van der Waals surface area contributed by atoms with Crippen LogP contribution >= 0.6 is 0 Å². The summed E-state index contributed by atoms with van der Waals surface area (Å²) in [4.78, 5) is 10.1. The molecular formula is C9H12N2O3. The van der Waals surface area contributed by atoms with E-state index in [1.54, 1.807) is 19.1 Å². The third-order valence-corrected chi connectivity index (χ3v) is 2.13. The molecule has 1 aromatic rings. The standard InChI is InChI=1S/C9H12N2O3/c1-6-7(9(12)5-10)3-2-4-8(6)11(13)14/h2-4,9,12H,5,10H2,1H3. The van der Waals surface area contributed by atoms with E-state index in [0.29, 0.717) is 11.1 Å². The molecule has 3 N–H and O–H groups in total. The van der Waals surface area contributed by atoms with Crippen LogP contribution in [0, 0.1) is 17.0 Å². The van der Waals surface area contributed by atoms with Gasteiger partial charge in [0, 0.05) is 18.2 Å². The lowest BCUT2D eigenvalue weighted by atomic mass is 10.0. The zero-order valence-corrected chi connectivity index (χ0v) is 7.80. The minimum absolute atomic E-state index is 0.00926. The van der Waals surface area contributed by atoms with E-state index in [1.165, 1.54) is 6.07 Å². The van der Waals surface area contributed by atoms with E-state index < -0.39 is 11.0 Å². The molecule has 0 aliphatic heterocycles. The van der Waals surface area contributed by atoms with Crippen LogP contribution in [0.5, 0.6) is 0 Å². The van der Waals surface area contributed by atoms with Crippen LogP contribution in [-0.4, -0.2) is 16.6 Å². The van der Waals surface area contributed by atoms with Gasteiger partial charge in [-0.3, -0.25) is 10.1 Å². The van der Waals surface area contributed by atoms with Crippen LogP contribution in [0.1, 0.15) is 17.2 Å². The van der Waals surface area contributed by atoms with Crippen LogP contribution in [0.2, 0.25) is 0 Å². The van der Waals surface area contributed by atoms with Crippen LogP contribution < -0.4 is 5.73 Å². The smallest absolute Gasteiger partial charge is 0.272 e. The summed E-state index contributed by atoms with van der Waals surface area (Å²) < 4.78 is 0. The van der Waals surface area contributed by atoms with Crippen molar-refractivity contribution < 1.29 is 10.0 Å². The van der Waals surface area contributed by atoms with Gasteiger partial charge in [-0.1, -0.05) is 12.1 Å². The van der Waals surface area contributed by atoms with Gasteiger partial charge in [0.15, 0.2) is 0 Å². The summed E-state index contributed by atoms with van der Waals surface area (Å²) in [7, 11) is 0. The highest BCUT2D eigenvalue weighted by Gasteiger charge is 2.16. The second-order valence-corrected chi connectivity index (χ2v) is 3.00. The third kappa shape index (κ3) is 1.89. The lowest BCUT2D eigenvalue weighted by Gasteiger charge is -2.10. The molecule has 0 aromatic heterocycles. The van der Waals surface area contributed by atoms with Crippen LogP contribution in [-0.2, 0) is 0 Å². The maximum atomic E-state index is 10.6. The van der Waals surface area contributed by atoms with Crippen molar-refractivity contribution in [3.63, 3.8) is 0 Å². The first-order valence-electron chi connectivity index (χ1n) is 4.20. The second kappa shape index (κ2) is 4.17. The molecule has 0 bridgehead atoms. The van der Waals surface area contributed by atoms with Gasteiger partial charge in [0.2, 0.25) is 0 Å². The van der Waals surface area contributed by atoms with Gasteiger partial charge >= 0.3 is 0 Å². The Kier molecular flexibility index (Phi) is 3.16. The number of hydrogen-bond donors (Lipinski definition) is 2. The third-order valence-electron chi connectivity index (χ3n) is 2.13. The van der Waals surface area contributed by atoms with Crippen molar-refractivity contribution in [3.8, 4) is 0 Å². The van der Waals surface area contributed by atoms with Gasteiger partial charge in [-0.2, -0.15) is 0 Å². The Hall–Kier alpha value is -1.46. The van der Waals surface area contributed by atoms with Gasteiger partial charge in [0.1, 0.15) is 0 Å². The molecule has 1 unspecified atom stereocenters. The molecule has 0 saturated heterocycles. The van der Waals surface area contributed by atoms with Gasteiger partial charge < -0.3 is 10.8 Å². The molecule has 0 radical (unpaired) electrons. The molecule has 0 amide bonds. The largest absolute Gasteiger partial charge is 0.387 e. The van der Waals surface area contributed by atoms with Crippen molar-refractivity contribution in [3.05, 3.63) is 39.4 Å². The van der Waals surface area contributed by atoms with E-state index in [4.69, 9.17) is 5.73 Å². The minimum Gasteiger partial charge on any atom is -0.387 e. The fourth-order valence-electron chi connectivity index (χ4n) is 1.33. The van der Waals surface area contributed by atoms with Crippen molar-refractivity contribution in [1.82, 2.24) is 0 Å². The highest BCUT2D eigenvalue weighted by atomic mass is 16.6. The van der Waals surface area contributed by atoms with Crippen LogP contribution in [0.3, 0.4) is 0 Å². The fraction of sp³-hybridized carbons (Fsp3) is 0.333. The molecule has 0 spiro atoms. The fourth-order valence-corrected chi connectivity index (χ4v) is 1.33. The Morgan fingerprint density at radius 2 is 2.29 bits per heavy atom. The number of rotatable bonds is 3. The zero-order chi connectivity index (χ0) is 10.7. The predicted octanol–water partition coefficient (Wildman–Crippen LogP) is 0.895. The van der Waals surface area contributed by atoms with Crippen molar-refractivity contribution >= 4 is 5.69 Å². The number of nitrogens with two attached hydrogens (primary N) is 1. The van der Waals surface area contributed by atoms with Gasteiger partial charge in [-0.25, -0.2) is 0 Å². The quantitative estimate of drug-likeness (QED) is 0.555. The normalized spacial score (nSPS) is 12.5. The summed E-state index contributed by atoms with van der Waals surface area (Å²) in [6.45, 7) is 1.66. The van der Waals surface area contributed by atoms with Gasteiger partial charge in [0.05, 0.1) is 11.0 Å². The zero-order valence-electron chi connectivity index (χ0n) is 7.80. The average molecular weight is 196 g/mol. The van der Waals surface area contributed by atoms with E-state index in [2.05, 4.69) is 0 Å². The maximum absolute atomic E-state index is 10.6. The average Bonchev–Trinajstić information content (AvgIpc) is 2.16. The molecule has 14 heavy (non-hydrogen) atoms. The predicted molar refractivity (Wildman–Crippen MR) is 51.8 cm³/mol. The first kappa shape index (κ1) is 10.6. The number of benzene rings is 1. The van der Waals surface area contributed by atoms with E-state index >= 15 is 0 Å². The van der Waals surface area contributed by atoms with Crippen molar-refractivity contribution in [2.45, 2.75) is 13.0 Å². The molecule has 1 atom stereocenters. The molecule has 76 valence electrons.